The maximum absolute atomic E-state index is 10.9. The number of ether oxygens (including phenoxy) is 1. The third-order valence-corrected chi connectivity index (χ3v) is 3.75. The quantitative estimate of drug-likeness (QED) is 0.905. The fourth-order valence-electron chi connectivity index (χ4n) is 1.62. The first-order chi connectivity index (χ1) is 8.11. The van der Waals surface area contributed by atoms with Crippen LogP contribution in [0.3, 0.4) is 0 Å². The van der Waals surface area contributed by atoms with E-state index in [0.29, 0.717) is 4.88 Å². The number of hydrogen-bond acceptors (Lipinski definition) is 3. The molecule has 0 bridgehead atoms. The molecule has 0 aliphatic heterocycles. The van der Waals surface area contributed by atoms with Crippen LogP contribution >= 0.6 is 11.3 Å². The Morgan fingerprint density at radius 2 is 1.94 bits per heavy atom. The predicted molar refractivity (Wildman–Crippen MR) is 68.0 cm³/mol. The van der Waals surface area contributed by atoms with Gasteiger partial charge in [-0.25, -0.2) is 4.79 Å². The van der Waals surface area contributed by atoms with Gasteiger partial charge in [-0.3, -0.25) is 0 Å². The van der Waals surface area contributed by atoms with Crippen LogP contribution in [0.15, 0.2) is 30.3 Å². The van der Waals surface area contributed by atoms with Crippen molar-refractivity contribution >= 4 is 17.3 Å². The van der Waals surface area contributed by atoms with Gasteiger partial charge in [0.2, 0.25) is 0 Å². The van der Waals surface area contributed by atoms with Crippen molar-refractivity contribution in [2.75, 3.05) is 7.11 Å². The molecule has 0 spiro atoms. The second-order valence-electron chi connectivity index (χ2n) is 3.66. The molecule has 0 radical (unpaired) electrons. The molecule has 0 unspecified atom stereocenters. The fourth-order valence-corrected chi connectivity index (χ4v) is 2.63. The van der Waals surface area contributed by atoms with Crippen LogP contribution in [0.25, 0.3) is 10.4 Å². The summed E-state index contributed by atoms with van der Waals surface area (Å²) < 4.78 is 5.09. The van der Waals surface area contributed by atoms with Crippen molar-refractivity contribution in [3.05, 3.63) is 40.8 Å². The minimum Gasteiger partial charge on any atom is -0.497 e. The van der Waals surface area contributed by atoms with Gasteiger partial charge in [0, 0.05) is 4.88 Å². The molecule has 17 heavy (non-hydrogen) atoms. The molecule has 88 valence electrons. The molecule has 1 heterocycles. The third-order valence-electron chi connectivity index (χ3n) is 2.48. The molecule has 0 aliphatic rings. The van der Waals surface area contributed by atoms with Crippen LogP contribution in [-0.4, -0.2) is 18.2 Å². The summed E-state index contributed by atoms with van der Waals surface area (Å²) in [5.74, 6) is -0.0840. The fraction of sp³-hybridized carbons (Fsp3) is 0.154. The van der Waals surface area contributed by atoms with E-state index in [2.05, 4.69) is 0 Å². The highest BCUT2D eigenvalue weighted by atomic mass is 32.1. The normalized spacial score (nSPS) is 10.2. The zero-order valence-electron chi connectivity index (χ0n) is 9.56. The first kappa shape index (κ1) is 11.7. The van der Waals surface area contributed by atoms with Crippen LogP contribution in [0.5, 0.6) is 5.75 Å². The number of hydrogen-bond donors (Lipinski definition) is 1. The lowest BCUT2D eigenvalue weighted by atomic mass is 10.1. The Bertz CT molecular complexity index is 540. The van der Waals surface area contributed by atoms with E-state index in [1.54, 1.807) is 13.2 Å². The number of thiophene rings is 1. The third kappa shape index (κ3) is 2.31. The van der Waals surface area contributed by atoms with E-state index in [1.807, 2.05) is 31.2 Å². The molecule has 0 atom stereocenters. The molecule has 0 saturated heterocycles. The van der Waals surface area contributed by atoms with Crippen molar-refractivity contribution in [3.8, 4) is 16.2 Å². The molecule has 1 N–H and O–H groups in total. The van der Waals surface area contributed by atoms with Gasteiger partial charge in [0.15, 0.2) is 0 Å². The van der Waals surface area contributed by atoms with Crippen molar-refractivity contribution < 1.29 is 14.6 Å². The van der Waals surface area contributed by atoms with Gasteiger partial charge in [0.05, 0.1) is 7.11 Å². The van der Waals surface area contributed by atoms with Crippen LogP contribution in [0, 0.1) is 6.92 Å². The number of carbonyl (C=O) groups is 1. The van der Waals surface area contributed by atoms with Gasteiger partial charge in [-0.15, -0.1) is 11.3 Å². The largest absolute Gasteiger partial charge is 0.497 e. The number of methoxy groups -OCH3 is 1. The van der Waals surface area contributed by atoms with Crippen molar-refractivity contribution in [2.24, 2.45) is 0 Å². The van der Waals surface area contributed by atoms with E-state index in [9.17, 15) is 4.79 Å². The summed E-state index contributed by atoms with van der Waals surface area (Å²) in [7, 11) is 1.62. The molecule has 0 fully saturated rings. The Kier molecular flexibility index (Phi) is 3.15. The molecule has 2 aromatic rings. The van der Waals surface area contributed by atoms with E-state index in [4.69, 9.17) is 9.84 Å². The van der Waals surface area contributed by atoms with E-state index >= 15 is 0 Å². The zero-order chi connectivity index (χ0) is 12.4. The van der Waals surface area contributed by atoms with Gasteiger partial charge in [-0.1, -0.05) is 0 Å². The maximum atomic E-state index is 10.9. The molecular weight excluding hydrogens is 236 g/mol. The van der Waals surface area contributed by atoms with Crippen molar-refractivity contribution in [2.45, 2.75) is 6.92 Å². The molecule has 0 saturated carbocycles. The summed E-state index contributed by atoms with van der Waals surface area (Å²) in [6, 6.07) is 9.31. The van der Waals surface area contributed by atoms with E-state index in [1.165, 1.54) is 11.3 Å². The number of aryl methyl sites for hydroxylation is 1. The smallest absolute Gasteiger partial charge is 0.345 e. The SMILES string of the molecule is COc1ccc(-c2sc(C(=O)O)cc2C)cc1. The highest BCUT2D eigenvalue weighted by molar-refractivity contribution is 7.17. The molecular formula is C13H12O3S. The Balaban J connectivity index is 2.41. The molecule has 3 nitrogen and oxygen atoms in total. The maximum Gasteiger partial charge on any atom is 0.345 e. The molecule has 0 aliphatic carbocycles. The monoisotopic (exact) mass is 248 g/mol. The van der Waals surface area contributed by atoms with E-state index in [-0.39, 0.29) is 0 Å². The second kappa shape index (κ2) is 4.59. The predicted octanol–water partition coefficient (Wildman–Crippen LogP) is 3.43. The Morgan fingerprint density at radius 1 is 1.29 bits per heavy atom. The Morgan fingerprint density at radius 3 is 2.41 bits per heavy atom. The van der Waals surface area contributed by atoms with Crippen LogP contribution in [0.1, 0.15) is 15.2 Å². The number of benzene rings is 1. The molecule has 4 heteroatoms. The average Bonchev–Trinajstić information content (AvgIpc) is 2.72. The second-order valence-corrected chi connectivity index (χ2v) is 4.71. The first-order valence-corrected chi connectivity index (χ1v) is 5.91. The number of carboxylic acid groups (broad SMARTS) is 1. The summed E-state index contributed by atoms with van der Waals surface area (Å²) >= 11 is 1.29. The lowest BCUT2D eigenvalue weighted by Gasteiger charge is -2.02. The molecule has 1 aromatic heterocycles. The number of rotatable bonds is 3. The summed E-state index contributed by atoms with van der Waals surface area (Å²) in [6.07, 6.45) is 0. The lowest BCUT2D eigenvalue weighted by Crippen LogP contribution is -1.89. The summed E-state index contributed by atoms with van der Waals surface area (Å²) in [6.45, 7) is 1.92. The Hall–Kier alpha value is -1.81. The van der Waals surface area contributed by atoms with Crippen molar-refractivity contribution in [1.29, 1.82) is 0 Å². The highest BCUT2D eigenvalue weighted by Gasteiger charge is 2.12. The van der Waals surface area contributed by atoms with Gasteiger partial charge in [0.1, 0.15) is 10.6 Å². The molecule has 1 aromatic carbocycles. The summed E-state index contributed by atoms with van der Waals surface area (Å²) in [5.41, 5.74) is 2.00. The molecule has 0 amide bonds. The minimum atomic E-state index is -0.877. The van der Waals surface area contributed by atoms with Crippen LogP contribution < -0.4 is 4.74 Å². The van der Waals surface area contributed by atoms with Gasteiger partial charge in [0.25, 0.3) is 0 Å². The topological polar surface area (TPSA) is 46.5 Å². The summed E-state index contributed by atoms with van der Waals surface area (Å²) in [4.78, 5) is 12.2. The zero-order valence-corrected chi connectivity index (χ0v) is 10.4. The van der Waals surface area contributed by atoms with Gasteiger partial charge in [-0.2, -0.15) is 0 Å². The number of aromatic carboxylic acids is 1. The van der Waals surface area contributed by atoms with Crippen LogP contribution in [0.4, 0.5) is 0 Å². The van der Waals surface area contributed by atoms with Crippen LogP contribution in [0.2, 0.25) is 0 Å². The Labute approximate surface area is 103 Å². The first-order valence-electron chi connectivity index (χ1n) is 5.10. The lowest BCUT2D eigenvalue weighted by molar-refractivity contribution is 0.0702. The van der Waals surface area contributed by atoms with E-state index in [0.717, 1.165) is 21.8 Å². The van der Waals surface area contributed by atoms with Crippen molar-refractivity contribution in [1.82, 2.24) is 0 Å². The summed E-state index contributed by atoms with van der Waals surface area (Å²) in [5, 5.41) is 8.94. The van der Waals surface area contributed by atoms with Gasteiger partial charge >= 0.3 is 5.97 Å². The average molecular weight is 248 g/mol. The van der Waals surface area contributed by atoms with Gasteiger partial charge in [-0.05, 0) is 48.4 Å². The van der Waals surface area contributed by atoms with Crippen molar-refractivity contribution in [3.63, 3.8) is 0 Å². The van der Waals surface area contributed by atoms with Gasteiger partial charge < -0.3 is 9.84 Å². The molecule has 2 rings (SSSR count). The standard InChI is InChI=1S/C13H12O3S/c1-8-7-11(13(14)15)17-12(8)9-3-5-10(16-2)6-4-9/h3-7H,1-2H3,(H,14,15). The highest BCUT2D eigenvalue weighted by Crippen LogP contribution is 2.33. The number of carboxylic acids is 1. The van der Waals surface area contributed by atoms with E-state index < -0.39 is 5.97 Å². The van der Waals surface area contributed by atoms with Crippen LogP contribution in [-0.2, 0) is 0 Å². The minimum absolute atomic E-state index is 0.369.